The Morgan fingerprint density at radius 3 is 2.76 bits per heavy atom. The first-order valence-electron chi connectivity index (χ1n) is 4.74. The third-order valence-electron chi connectivity index (χ3n) is 2.48. The molecule has 0 saturated carbocycles. The van der Waals surface area contributed by atoms with E-state index in [1.54, 1.807) is 12.1 Å². The van der Waals surface area contributed by atoms with E-state index in [1.165, 1.54) is 11.1 Å². The third-order valence-corrected chi connectivity index (χ3v) is 4.97. The van der Waals surface area contributed by atoms with Gasteiger partial charge in [-0.25, -0.2) is 13.4 Å². The number of carbonyl (C=O) groups is 1. The van der Waals surface area contributed by atoms with Gasteiger partial charge in [-0.05, 0) is 28.1 Å². The van der Waals surface area contributed by atoms with E-state index in [2.05, 4.69) is 20.9 Å². The smallest absolute Gasteiger partial charge is 0.237 e. The highest BCUT2D eigenvalue weighted by Crippen LogP contribution is 2.29. The number of carbonyl (C=O) groups excluding carboxylic acids is 1. The summed E-state index contributed by atoms with van der Waals surface area (Å²) in [5.41, 5.74) is 0. The van der Waals surface area contributed by atoms with Gasteiger partial charge in [0.25, 0.3) is 0 Å². The Balaban J connectivity index is 2.31. The van der Waals surface area contributed by atoms with Crippen LogP contribution in [0.4, 0.5) is 5.82 Å². The fourth-order valence-corrected chi connectivity index (χ4v) is 3.14. The van der Waals surface area contributed by atoms with Gasteiger partial charge >= 0.3 is 0 Å². The van der Waals surface area contributed by atoms with Gasteiger partial charge in [-0.1, -0.05) is 0 Å². The van der Waals surface area contributed by atoms with Crippen molar-refractivity contribution in [2.24, 2.45) is 0 Å². The standard InChI is InChI=1S/C9H8BrClN2O3S/c10-7-2-1-3-12-9(7)13-5-6(4-8(13)14)17(11,15)16/h1-3,6H,4-5H2. The van der Waals surface area contributed by atoms with Crippen molar-refractivity contribution in [2.75, 3.05) is 11.4 Å². The van der Waals surface area contributed by atoms with E-state index in [4.69, 9.17) is 10.7 Å². The molecule has 0 spiro atoms. The monoisotopic (exact) mass is 338 g/mol. The Bertz CT molecular complexity index is 563. The molecule has 1 aromatic rings. The van der Waals surface area contributed by atoms with Crippen LogP contribution in [0.1, 0.15) is 6.42 Å². The van der Waals surface area contributed by atoms with Gasteiger partial charge in [-0.15, -0.1) is 0 Å². The first-order valence-corrected chi connectivity index (χ1v) is 7.90. The maximum atomic E-state index is 11.7. The summed E-state index contributed by atoms with van der Waals surface area (Å²) in [4.78, 5) is 17.1. The van der Waals surface area contributed by atoms with Gasteiger partial charge in [0.05, 0.1) is 4.47 Å². The number of pyridine rings is 1. The van der Waals surface area contributed by atoms with Crippen molar-refractivity contribution < 1.29 is 13.2 Å². The van der Waals surface area contributed by atoms with Gasteiger partial charge in [-0.3, -0.25) is 9.69 Å². The average molecular weight is 340 g/mol. The molecule has 1 amide bonds. The van der Waals surface area contributed by atoms with E-state index in [-0.39, 0.29) is 18.9 Å². The molecule has 0 N–H and O–H groups in total. The van der Waals surface area contributed by atoms with Crippen LogP contribution in [0.3, 0.4) is 0 Å². The van der Waals surface area contributed by atoms with Crippen LogP contribution in [0.25, 0.3) is 0 Å². The van der Waals surface area contributed by atoms with E-state index in [0.717, 1.165) is 0 Å². The van der Waals surface area contributed by atoms with Crippen molar-refractivity contribution in [1.82, 2.24) is 4.98 Å². The molecule has 1 aliphatic heterocycles. The van der Waals surface area contributed by atoms with Gasteiger partial charge in [0, 0.05) is 29.8 Å². The molecule has 1 aliphatic rings. The van der Waals surface area contributed by atoms with Crippen molar-refractivity contribution in [3.63, 3.8) is 0 Å². The van der Waals surface area contributed by atoms with Gasteiger partial charge in [0.1, 0.15) is 11.1 Å². The summed E-state index contributed by atoms with van der Waals surface area (Å²) in [6, 6.07) is 3.45. The molecule has 0 aliphatic carbocycles. The Morgan fingerprint density at radius 1 is 1.53 bits per heavy atom. The molecular formula is C9H8BrClN2O3S. The summed E-state index contributed by atoms with van der Waals surface area (Å²) in [6.07, 6.45) is 1.44. The van der Waals surface area contributed by atoms with Crippen LogP contribution in [-0.4, -0.2) is 31.1 Å². The molecule has 1 atom stereocenters. The SMILES string of the molecule is O=C1CC(S(=O)(=O)Cl)CN1c1ncccc1Br. The fourth-order valence-electron chi connectivity index (χ4n) is 1.64. The van der Waals surface area contributed by atoms with Crippen molar-refractivity contribution in [3.8, 4) is 0 Å². The number of halogens is 2. The van der Waals surface area contributed by atoms with Crippen LogP contribution < -0.4 is 4.90 Å². The van der Waals surface area contributed by atoms with Gasteiger partial charge in [0.2, 0.25) is 15.0 Å². The predicted octanol–water partition coefficient (Wildman–Crippen LogP) is 1.52. The summed E-state index contributed by atoms with van der Waals surface area (Å²) >= 11 is 3.27. The summed E-state index contributed by atoms with van der Waals surface area (Å²) in [6.45, 7) is 0.0419. The molecule has 1 fully saturated rings. The van der Waals surface area contributed by atoms with E-state index >= 15 is 0 Å². The average Bonchev–Trinajstić information content (AvgIpc) is 2.61. The fraction of sp³-hybridized carbons (Fsp3) is 0.333. The zero-order chi connectivity index (χ0) is 12.6. The molecule has 17 heavy (non-hydrogen) atoms. The number of rotatable bonds is 2. The van der Waals surface area contributed by atoms with Gasteiger partial charge < -0.3 is 0 Å². The molecule has 8 heteroatoms. The van der Waals surface area contributed by atoms with E-state index in [9.17, 15) is 13.2 Å². The number of nitrogens with zero attached hydrogens (tertiary/aromatic N) is 2. The highest BCUT2D eigenvalue weighted by molar-refractivity contribution is 9.10. The van der Waals surface area contributed by atoms with Crippen LogP contribution in [0.5, 0.6) is 0 Å². The number of hydrogen-bond acceptors (Lipinski definition) is 4. The lowest BCUT2D eigenvalue weighted by molar-refractivity contribution is -0.117. The second kappa shape index (κ2) is 4.55. The maximum Gasteiger partial charge on any atom is 0.237 e. The predicted molar refractivity (Wildman–Crippen MR) is 67.5 cm³/mol. The van der Waals surface area contributed by atoms with Crippen LogP contribution in [0, 0.1) is 0 Å². The lowest BCUT2D eigenvalue weighted by atomic mass is 10.4. The minimum Gasteiger partial charge on any atom is -0.294 e. The summed E-state index contributed by atoms with van der Waals surface area (Å²) in [5, 5.41) is -0.870. The van der Waals surface area contributed by atoms with Gasteiger partial charge in [0.15, 0.2) is 0 Å². The van der Waals surface area contributed by atoms with Crippen LogP contribution in [0.15, 0.2) is 22.8 Å². The molecule has 0 aromatic carbocycles. The topological polar surface area (TPSA) is 67.3 Å². The second-order valence-corrected chi connectivity index (χ2v) is 7.38. The lowest BCUT2D eigenvalue weighted by Crippen LogP contribution is -2.27. The van der Waals surface area contributed by atoms with Crippen molar-refractivity contribution >= 4 is 47.4 Å². The maximum absolute atomic E-state index is 11.7. The Kier molecular flexibility index (Phi) is 3.42. The Morgan fingerprint density at radius 2 is 2.24 bits per heavy atom. The molecular weight excluding hydrogens is 332 g/mol. The number of aromatic nitrogens is 1. The highest BCUT2D eigenvalue weighted by Gasteiger charge is 2.39. The molecule has 1 aromatic heterocycles. The number of hydrogen-bond donors (Lipinski definition) is 0. The zero-order valence-electron chi connectivity index (χ0n) is 8.51. The minimum atomic E-state index is -3.72. The molecule has 5 nitrogen and oxygen atoms in total. The number of amides is 1. The Hall–Kier alpha value is -0.660. The molecule has 2 heterocycles. The number of anilines is 1. The first kappa shape index (κ1) is 12.8. The quantitative estimate of drug-likeness (QED) is 0.766. The highest BCUT2D eigenvalue weighted by atomic mass is 79.9. The molecule has 0 radical (unpaired) electrons. The lowest BCUT2D eigenvalue weighted by Gasteiger charge is -2.16. The molecule has 2 rings (SSSR count). The first-order chi connectivity index (χ1) is 7.89. The van der Waals surface area contributed by atoms with Crippen LogP contribution in [0.2, 0.25) is 0 Å². The second-order valence-electron chi connectivity index (χ2n) is 3.61. The summed E-state index contributed by atoms with van der Waals surface area (Å²) in [5.74, 6) is 0.124. The summed E-state index contributed by atoms with van der Waals surface area (Å²) < 4.78 is 23.0. The van der Waals surface area contributed by atoms with Crippen LogP contribution >= 0.6 is 26.6 Å². The zero-order valence-corrected chi connectivity index (χ0v) is 11.7. The normalized spacial score (nSPS) is 20.9. The summed E-state index contributed by atoms with van der Waals surface area (Å²) in [7, 11) is 1.54. The van der Waals surface area contributed by atoms with Gasteiger partial charge in [-0.2, -0.15) is 0 Å². The minimum absolute atomic E-state index is 0.0419. The molecule has 1 unspecified atom stereocenters. The third kappa shape index (κ3) is 2.61. The molecule has 92 valence electrons. The van der Waals surface area contributed by atoms with E-state index in [0.29, 0.717) is 10.3 Å². The molecule has 1 saturated heterocycles. The van der Waals surface area contributed by atoms with Crippen LogP contribution in [-0.2, 0) is 13.8 Å². The van der Waals surface area contributed by atoms with Crippen molar-refractivity contribution in [1.29, 1.82) is 0 Å². The van der Waals surface area contributed by atoms with Crippen molar-refractivity contribution in [2.45, 2.75) is 11.7 Å². The van der Waals surface area contributed by atoms with Crippen molar-refractivity contribution in [3.05, 3.63) is 22.8 Å². The Labute approximate surface area is 111 Å². The van der Waals surface area contributed by atoms with E-state index < -0.39 is 14.3 Å². The molecule has 0 bridgehead atoms. The van der Waals surface area contributed by atoms with E-state index in [1.807, 2.05) is 0 Å². The largest absolute Gasteiger partial charge is 0.294 e.